The molecule has 4 N–H and O–H groups in total. The van der Waals surface area contributed by atoms with Gasteiger partial charge in [-0.05, 0) is 69.8 Å². The number of rotatable bonds is 7. The number of anilines is 3. The SMILES string of the molecule is CCNC1CCC[C@@H](C(=O)Nc2c(C=O)oc3ccc(N4CCOCC4)nc23)CC1.CCO.CNc1ccc(C)cn1. The van der Waals surface area contributed by atoms with Crippen molar-refractivity contribution in [3.8, 4) is 0 Å². The van der Waals surface area contributed by atoms with Crippen molar-refractivity contribution in [3.63, 3.8) is 0 Å². The Labute approximate surface area is 248 Å². The molecule has 1 amide bonds. The van der Waals surface area contributed by atoms with E-state index in [2.05, 4.69) is 32.8 Å². The fraction of sp³-hybridized carbons (Fsp3) is 0.548. The van der Waals surface area contributed by atoms with Crippen molar-refractivity contribution in [2.75, 3.05) is 62.0 Å². The number of carbonyl (C=O) groups is 2. The van der Waals surface area contributed by atoms with E-state index in [4.69, 9.17) is 19.2 Å². The number of aliphatic hydroxyl groups is 1. The number of fused-ring (bicyclic) bond motifs is 1. The summed E-state index contributed by atoms with van der Waals surface area (Å²) in [5.41, 5.74) is 2.59. The highest BCUT2D eigenvalue weighted by molar-refractivity contribution is 6.05. The number of nitrogens with one attached hydrogen (secondary N) is 3. The van der Waals surface area contributed by atoms with E-state index in [0.29, 0.717) is 42.3 Å². The van der Waals surface area contributed by atoms with Gasteiger partial charge in [-0.1, -0.05) is 19.4 Å². The third-order valence-corrected chi connectivity index (χ3v) is 7.24. The summed E-state index contributed by atoms with van der Waals surface area (Å²) in [6.07, 6.45) is 7.26. The molecular weight excluding hydrogens is 536 g/mol. The van der Waals surface area contributed by atoms with Crippen molar-refractivity contribution >= 4 is 40.6 Å². The van der Waals surface area contributed by atoms with E-state index >= 15 is 0 Å². The Morgan fingerprint density at radius 1 is 1.12 bits per heavy atom. The molecule has 11 heteroatoms. The standard InChI is InChI=1S/C22H30N4O4.C7H10N2.C2H6O/c1-2-23-16-5-3-4-15(6-7-16)22(28)25-21-18(14-27)30-17-8-9-19(24-20(17)21)26-10-12-29-13-11-26;1-6-3-4-7(8-2)9-5-6;1-2-3/h8-9,14-16,23H,2-7,10-13H2,1H3,(H,25,28);3-5H,1-2H3,(H,8,9);3H,2H2,1H3/t15-,16?;;/m1../s1. The average Bonchev–Trinajstić information content (AvgIpc) is 3.18. The molecule has 42 heavy (non-hydrogen) atoms. The van der Waals surface area contributed by atoms with Crippen LogP contribution in [-0.4, -0.2) is 79.8 Å². The van der Waals surface area contributed by atoms with E-state index < -0.39 is 0 Å². The molecule has 2 atom stereocenters. The van der Waals surface area contributed by atoms with E-state index in [-0.39, 0.29) is 24.2 Å². The Morgan fingerprint density at radius 3 is 2.52 bits per heavy atom. The van der Waals surface area contributed by atoms with Gasteiger partial charge in [-0.2, -0.15) is 0 Å². The van der Waals surface area contributed by atoms with Gasteiger partial charge in [-0.3, -0.25) is 9.59 Å². The van der Waals surface area contributed by atoms with Crippen LogP contribution in [0.2, 0.25) is 0 Å². The molecule has 3 aromatic rings. The second kappa shape index (κ2) is 17.4. The lowest BCUT2D eigenvalue weighted by molar-refractivity contribution is -0.120. The van der Waals surface area contributed by atoms with Crippen LogP contribution >= 0.6 is 0 Å². The summed E-state index contributed by atoms with van der Waals surface area (Å²) in [6, 6.07) is 8.14. The number of morpholine rings is 1. The molecule has 0 bridgehead atoms. The highest BCUT2D eigenvalue weighted by Crippen LogP contribution is 2.32. The van der Waals surface area contributed by atoms with Crippen LogP contribution in [0.25, 0.3) is 11.1 Å². The Morgan fingerprint density at radius 2 is 1.88 bits per heavy atom. The zero-order valence-electron chi connectivity index (χ0n) is 25.3. The highest BCUT2D eigenvalue weighted by Gasteiger charge is 2.27. The van der Waals surface area contributed by atoms with E-state index in [9.17, 15) is 9.59 Å². The normalized spacial score (nSPS) is 18.5. The lowest BCUT2D eigenvalue weighted by Gasteiger charge is -2.27. The Balaban J connectivity index is 0.000000338. The first-order valence-electron chi connectivity index (χ1n) is 14.9. The fourth-order valence-corrected chi connectivity index (χ4v) is 5.05. The number of nitrogens with zero attached hydrogens (tertiary/aromatic N) is 3. The van der Waals surface area contributed by atoms with Crippen molar-refractivity contribution in [1.29, 1.82) is 0 Å². The molecule has 1 aliphatic carbocycles. The van der Waals surface area contributed by atoms with Gasteiger partial charge >= 0.3 is 0 Å². The van der Waals surface area contributed by atoms with Gasteiger partial charge in [0.1, 0.15) is 22.8 Å². The third-order valence-electron chi connectivity index (χ3n) is 7.24. The summed E-state index contributed by atoms with van der Waals surface area (Å²) in [5, 5.41) is 17.0. The van der Waals surface area contributed by atoms with Crippen LogP contribution in [-0.2, 0) is 9.53 Å². The molecule has 2 fully saturated rings. The molecule has 1 aliphatic heterocycles. The molecular formula is C31H46N6O5. The average molecular weight is 583 g/mol. The quantitative estimate of drug-likeness (QED) is 0.234. The summed E-state index contributed by atoms with van der Waals surface area (Å²) in [5.74, 6) is 1.70. The zero-order chi connectivity index (χ0) is 30.3. The molecule has 230 valence electrons. The number of pyridine rings is 2. The summed E-state index contributed by atoms with van der Waals surface area (Å²) in [6.45, 7) is 9.84. The van der Waals surface area contributed by atoms with Crippen molar-refractivity contribution in [2.45, 2.75) is 58.9 Å². The fourth-order valence-electron chi connectivity index (χ4n) is 5.05. The third kappa shape index (κ3) is 9.50. The minimum absolute atomic E-state index is 0.0588. The van der Waals surface area contributed by atoms with Gasteiger partial charge in [0.25, 0.3) is 0 Å². The number of aromatic nitrogens is 2. The molecule has 0 radical (unpaired) electrons. The predicted molar refractivity (Wildman–Crippen MR) is 166 cm³/mol. The molecule has 2 aliphatic rings. The molecule has 0 aromatic carbocycles. The summed E-state index contributed by atoms with van der Waals surface area (Å²) < 4.78 is 11.1. The van der Waals surface area contributed by atoms with Crippen LogP contribution in [0.5, 0.6) is 0 Å². The monoisotopic (exact) mass is 582 g/mol. The molecule has 1 unspecified atom stereocenters. The van der Waals surface area contributed by atoms with E-state index in [1.807, 2.05) is 44.4 Å². The van der Waals surface area contributed by atoms with Gasteiger partial charge in [-0.25, -0.2) is 9.97 Å². The molecule has 1 saturated heterocycles. The van der Waals surface area contributed by atoms with E-state index in [1.165, 1.54) is 5.56 Å². The Bertz CT molecular complexity index is 1240. The second-order valence-electron chi connectivity index (χ2n) is 10.3. The first-order chi connectivity index (χ1) is 20.4. The lowest BCUT2D eigenvalue weighted by atomic mass is 9.99. The maximum Gasteiger partial charge on any atom is 0.227 e. The Hall–Kier alpha value is -3.54. The first kappa shape index (κ1) is 33.0. The van der Waals surface area contributed by atoms with E-state index in [1.54, 1.807) is 6.92 Å². The number of hydrogen-bond donors (Lipinski definition) is 4. The van der Waals surface area contributed by atoms with Crippen molar-refractivity contribution in [2.24, 2.45) is 5.92 Å². The second-order valence-corrected chi connectivity index (χ2v) is 10.3. The zero-order valence-corrected chi connectivity index (χ0v) is 25.3. The minimum atomic E-state index is -0.0689. The van der Waals surface area contributed by atoms with Gasteiger partial charge in [-0.15, -0.1) is 0 Å². The predicted octanol–water partition coefficient (Wildman–Crippen LogP) is 4.40. The van der Waals surface area contributed by atoms with Gasteiger partial charge in [0, 0.05) is 44.9 Å². The number of amides is 1. The van der Waals surface area contributed by atoms with Crippen LogP contribution in [0.4, 0.5) is 17.3 Å². The molecule has 0 spiro atoms. The van der Waals surface area contributed by atoms with E-state index in [0.717, 1.165) is 63.4 Å². The molecule has 3 aromatic heterocycles. The summed E-state index contributed by atoms with van der Waals surface area (Å²) in [7, 11) is 1.86. The van der Waals surface area contributed by atoms with Gasteiger partial charge in [0.05, 0.1) is 13.2 Å². The van der Waals surface area contributed by atoms with Crippen molar-refractivity contribution in [3.05, 3.63) is 41.8 Å². The van der Waals surface area contributed by atoms with Crippen LogP contribution in [0.3, 0.4) is 0 Å². The largest absolute Gasteiger partial charge is 0.449 e. The van der Waals surface area contributed by atoms with Crippen molar-refractivity contribution < 1.29 is 23.8 Å². The van der Waals surface area contributed by atoms with Crippen molar-refractivity contribution in [1.82, 2.24) is 15.3 Å². The maximum absolute atomic E-state index is 13.0. The number of carbonyl (C=O) groups excluding carboxylic acids is 2. The molecule has 5 rings (SSSR count). The highest BCUT2D eigenvalue weighted by atomic mass is 16.5. The molecule has 4 heterocycles. The number of aldehydes is 1. The lowest BCUT2D eigenvalue weighted by Crippen LogP contribution is -2.36. The summed E-state index contributed by atoms with van der Waals surface area (Å²) >= 11 is 0. The smallest absolute Gasteiger partial charge is 0.227 e. The number of hydrogen-bond acceptors (Lipinski definition) is 10. The van der Waals surface area contributed by atoms with Gasteiger partial charge < -0.3 is 35.1 Å². The molecule has 1 saturated carbocycles. The van der Waals surface area contributed by atoms with Gasteiger partial charge in [0.15, 0.2) is 17.6 Å². The number of aryl methyl sites for hydroxylation is 1. The first-order valence-corrected chi connectivity index (χ1v) is 14.9. The number of aliphatic hydroxyl groups excluding tert-OH is 1. The molecule has 11 nitrogen and oxygen atoms in total. The number of furan rings is 1. The number of ether oxygens (including phenoxy) is 1. The minimum Gasteiger partial charge on any atom is -0.449 e. The van der Waals surface area contributed by atoms with Crippen LogP contribution in [0.1, 0.15) is 62.1 Å². The van der Waals surface area contributed by atoms with Gasteiger partial charge in [0.2, 0.25) is 5.91 Å². The van der Waals surface area contributed by atoms with Crippen LogP contribution in [0.15, 0.2) is 34.9 Å². The van der Waals surface area contributed by atoms with Crippen LogP contribution < -0.4 is 20.9 Å². The topological polar surface area (TPSA) is 142 Å². The Kier molecular flexibility index (Phi) is 13.7. The maximum atomic E-state index is 13.0. The van der Waals surface area contributed by atoms with Crippen LogP contribution in [0, 0.1) is 12.8 Å². The summed E-state index contributed by atoms with van der Waals surface area (Å²) in [4.78, 5) is 35.6.